The van der Waals surface area contributed by atoms with E-state index in [0.29, 0.717) is 61.1 Å². The third kappa shape index (κ3) is 5.13. The highest BCUT2D eigenvalue weighted by molar-refractivity contribution is 9.10. The molecule has 0 unspecified atom stereocenters. The maximum Gasteiger partial charge on any atom is 0.416 e. The van der Waals surface area contributed by atoms with E-state index in [1.165, 1.54) is 7.11 Å². The molecule has 0 aromatic heterocycles. The van der Waals surface area contributed by atoms with Gasteiger partial charge in [-0.15, -0.1) is 0 Å². The van der Waals surface area contributed by atoms with Crippen molar-refractivity contribution in [3.8, 4) is 17.2 Å². The summed E-state index contributed by atoms with van der Waals surface area (Å²) < 4.78 is 51.2. The maximum absolute atomic E-state index is 13.4. The van der Waals surface area contributed by atoms with Gasteiger partial charge in [-0.3, -0.25) is 19.7 Å². The van der Waals surface area contributed by atoms with Crippen LogP contribution < -0.4 is 9.47 Å². The number of hydrogen-bond donors (Lipinski definition) is 0. The van der Waals surface area contributed by atoms with Gasteiger partial charge in [-0.2, -0.15) is 13.2 Å². The van der Waals surface area contributed by atoms with Gasteiger partial charge in [0.05, 0.1) is 22.1 Å². The van der Waals surface area contributed by atoms with Crippen molar-refractivity contribution in [2.45, 2.75) is 57.5 Å². The number of nitrogens with zero attached hydrogens (tertiary/aromatic N) is 2. The van der Waals surface area contributed by atoms with Crippen LogP contribution in [0.2, 0.25) is 0 Å². The highest BCUT2D eigenvalue weighted by atomic mass is 79.9. The molecule has 1 heterocycles. The molecule has 0 atom stereocenters. The summed E-state index contributed by atoms with van der Waals surface area (Å²) in [6.45, 7) is 2.64. The average molecular weight is 635 g/mol. The molecule has 41 heavy (non-hydrogen) atoms. The molecule has 0 saturated carbocycles. The van der Waals surface area contributed by atoms with E-state index in [2.05, 4.69) is 20.8 Å². The Hall–Kier alpha value is -3.67. The van der Waals surface area contributed by atoms with Crippen molar-refractivity contribution >= 4 is 33.2 Å². The van der Waals surface area contributed by atoms with Gasteiger partial charge in [0.15, 0.2) is 23.1 Å². The van der Waals surface area contributed by atoms with Crippen molar-refractivity contribution in [2.24, 2.45) is 0 Å². The van der Waals surface area contributed by atoms with Crippen LogP contribution in [-0.4, -0.2) is 35.0 Å². The average Bonchev–Trinajstić information content (AvgIpc) is 2.92. The molecule has 0 radical (unpaired) electrons. The zero-order valence-electron chi connectivity index (χ0n) is 22.3. The predicted molar refractivity (Wildman–Crippen MR) is 146 cm³/mol. The number of carbonyl (C=O) groups excluding carboxylic acids is 2. The van der Waals surface area contributed by atoms with Crippen LogP contribution in [0.3, 0.4) is 0 Å². The lowest BCUT2D eigenvalue weighted by molar-refractivity contribution is -0.385. The normalized spacial score (nSPS) is 18.0. The number of allylic oxidation sites excluding steroid dienone is 4. The molecule has 216 valence electrons. The summed E-state index contributed by atoms with van der Waals surface area (Å²) in [5, 5.41) is 11.6. The van der Waals surface area contributed by atoms with Crippen LogP contribution in [0.15, 0.2) is 57.3 Å². The van der Waals surface area contributed by atoms with Crippen molar-refractivity contribution < 1.29 is 37.2 Å². The van der Waals surface area contributed by atoms with E-state index < -0.39 is 34.0 Å². The number of nitro benzene ring substituents is 1. The Morgan fingerprint density at radius 3 is 2.12 bits per heavy atom. The second-order valence-electron chi connectivity index (χ2n) is 10.0. The van der Waals surface area contributed by atoms with E-state index in [0.717, 1.165) is 30.3 Å². The smallest absolute Gasteiger partial charge is 0.416 e. The number of Topliss-reactive ketones (excluding diaryl/α,β-unsaturated/α-hetero) is 2. The minimum absolute atomic E-state index is 0.00143. The number of methoxy groups -OCH3 is 1. The zero-order chi connectivity index (χ0) is 29.6. The van der Waals surface area contributed by atoms with Crippen LogP contribution in [-0.2, 0) is 15.8 Å². The topological polar surface area (TPSA) is 99.0 Å². The SMILES string of the molecule is CCN1C2=C(C(=O)CCC2)C(c2cc(Br)c(Oc3ccc(C(F)(F)F)cc3[N+](=O)[O-])c(OC)c2)C2=C1CCCC2=O. The summed E-state index contributed by atoms with van der Waals surface area (Å²) in [4.78, 5) is 39.5. The van der Waals surface area contributed by atoms with Gasteiger partial charge in [-0.05, 0) is 78.4 Å². The van der Waals surface area contributed by atoms with E-state index in [4.69, 9.17) is 9.47 Å². The third-order valence-corrected chi connectivity index (χ3v) is 8.27. The second-order valence-corrected chi connectivity index (χ2v) is 10.9. The molecule has 2 aromatic carbocycles. The number of alkyl halides is 3. The molecule has 5 rings (SSSR count). The summed E-state index contributed by atoms with van der Waals surface area (Å²) in [5.41, 5.74) is 1.59. The van der Waals surface area contributed by atoms with Crippen molar-refractivity contribution in [3.63, 3.8) is 0 Å². The highest BCUT2D eigenvalue weighted by Gasteiger charge is 2.43. The summed E-state index contributed by atoms with van der Waals surface area (Å²) in [6, 6.07) is 5.28. The molecule has 0 N–H and O–H groups in total. The van der Waals surface area contributed by atoms with E-state index in [1.54, 1.807) is 12.1 Å². The van der Waals surface area contributed by atoms with Gasteiger partial charge in [0.2, 0.25) is 5.75 Å². The first-order valence-corrected chi connectivity index (χ1v) is 14.0. The van der Waals surface area contributed by atoms with Gasteiger partial charge in [0, 0.05) is 53.9 Å². The molecule has 0 amide bonds. The summed E-state index contributed by atoms with van der Waals surface area (Å²) >= 11 is 3.44. The fourth-order valence-corrected chi connectivity index (χ4v) is 6.51. The van der Waals surface area contributed by atoms with Gasteiger partial charge in [0.25, 0.3) is 0 Å². The Labute approximate surface area is 242 Å². The molecule has 12 heteroatoms. The molecule has 0 bridgehead atoms. The van der Waals surface area contributed by atoms with Crippen LogP contribution in [0.4, 0.5) is 18.9 Å². The number of nitro groups is 1. The number of benzene rings is 2. The molecule has 1 aliphatic heterocycles. The van der Waals surface area contributed by atoms with Crippen LogP contribution in [0, 0.1) is 10.1 Å². The Bertz CT molecular complexity index is 1490. The molecule has 2 aromatic rings. The molecule has 0 fully saturated rings. The van der Waals surface area contributed by atoms with Crippen molar-refractivity contribution in [3.05, 3.63) is 78.6 Å². The van der Waals surface area contributed by atoms with E-state index in [-0.39, 0.29) is 27.5 Å². The largest absolute Gasteiger partial charge is 0.493 e. The van der Waals surface area contributed by atoms with Gasteiger partial charge in [-0.25, -0.2) is 0 Å². The number of ketones is 2. The van der Waals surface area contributed by atoms with E-state index in [9.17, 15) is 32.9 Å². The standard InChI is InChI=1S/C29H26BrF3N2O6/c1-3-34-18-6-4-8-21(36)26(18)25(27-19(34)7-5-9-22(27)37)15-12-17(30)28(24(13-15)40-2)41-23-11-10-16(29(31,32)33)14-20(23)35(38)39/h10-14,25H,3-9H2,1-2H3. The second kappa shape index (κ2) is 11.0. The summed E-state index contributed by atoms with van der Waals surface area (Å²) in [6.07, 6.45) is -1.14. The first-order chi connectivity index (χ1) is 19.5. The van der Waals surface area contributed by atoms with Gasteiger partial charge in [0.1, 0.15) is 0 Å². The van der Waals surface area contributed by atoms with Gasteiger partial charge >= 0.3 is 11.9 Å². The van der Waals surface area contributed by atoms with Gasteiger partial charge in [-0.1, -0.05) is 0 Å². The fraction of sp³-hybridized carbons (Fsp3) is 0.379. The van der Waals surface area contributed by atoms with E-state index >= 15 is 0 Å². The molecule has 2 aliphatic carbocycles. The van der Waals surface area contributed by atoms with Crippen molar-refractivity contribution in [1.29, 1.82) is 0 Å². The summed E-state index contributed by atoms with van der Waals surface area (Å²) in [7, 11) is 1.35. The zero-order valence-corrected chi connectivity index (χ0v) is 23.9. The number of ether oxygens (including phenoxy) is 2. The lowest BCUT2D eigenvalue weighted by Crippen LogP contribution is -2.39. The molecular formula is C29H26BrF3N2O6. The first kappa shape index (κ1) is 28.8. The molecule has 0 spiro atoms. The monoisotopic (exact) mass is 634 g/mol. The Morgan fingerprint density at radius 2 is 1.61 bits per heavy atom. The number of halogens is 4. The fourth-order valence-electron chi connectivity index (χ4n) is 5.97. The van der Waals surface area contributed by atoms with Crippen LogP contribution in [0.1, 0.15) is 62.5 Å². The molecule has 0 saturated heterocycles. The number of rotatable bonds is 6. The molecule has 3 aliphatic rings. The van der Waals surface area contributed by atoms with Gasteiger partial charge < -0.3 is 14.4 Å². The number of carbonyl (C=O) groups is 2. The lowest BCUT2D eigenvalue weighted by Gasteiger charge is -2.43. The van der Waals surface area contributed by atoms with E-state index in [1.807, 2.05) is 6.92 Å². The predicted octanol–water partition coefficient (Wildman–Crippen LogP) is 7.61. The quantitative estimate of drug-likeness (QED) is 0.238. The van der Waals surface area contributed by atoms with Crippen LogP contribution in [0.5, 0.6) is 17.2 Å². The van der Waals surface area contributed by atoms with Crippen molar-refractivity contribution in [2.75, 3.05) is 13.7 Å². The number of hydrogen-bond acceptors (Lipinski definition) is 7. The minimum atomic E-state index is -4.77. The lowest BCUT2D eigenvalue weighted by atomic mass is 9.71. The Kier molecular flexibility index (Phi) is 7.71. The Balaban J connectivity index is 1.64. The molecule has 8 nitrogen and oxygen atoms in total. The summed E-state index contributed by atoms with van der Waals surface area (Å²) in [5.74, 6) is -0.949. The minimum Gasteiger partial charge on any atom is -0.493 e. The third-order valence-electron chi connectivity index (χ3n) is 7.68. The highest BCUT2D eigenvalue weighted by Crippen LogP contribution is 2.52. The molecular weight excluding hydrogens is 609 g/mol. The van der Waals surface area contributed by atoms with Crippen LogP contribution in [0.25, 0.3) is 0 Å². The van der Waals surface area contributed by atoms with Crippen LogP contribution >= 0.6 is 15.9 Å². The first-order valence-electron chi connectivity index (χ1n) is 13.2. The van der Waals surface area contributed by atoms with Crippen molar-refractivity contribution in [1.82, 2.24) is 4.90 Å². The maximum atomic E-state index is 13.4. The Morgan fingerprint density at radius 1 is 1.00 bits per heavy atom.